The number of ether oxygens (including phenoxy) is 2. The number of halogens is 1. The molecule has 1 N–H and O–H groups in total. The van der Waals surface area contributed by atoms with Crippen LogP contribution in [0, 0.1) is 0 Å². The molecule has 9 heteroatoms. The number of aliphatic imine (C=N–C) groups is 1. The predicted molar refractivity (Wildman–Crippen MR) is 130 cm³/mol. The van der Waals surface area contributed by atoms with Crippen LogP contribution in [-0.4, -0.2) is 47.3 Å². The number of aliphatic carboxylic acids is 1. The lowest BCUT2D eigenvalue weighted by molar-refractivity contribution is -0.139. The van der Waals surface area contributed by atoms with Gasteiger partial charge in [0.15, 0.2) is 23.3 Å². The summed E-state index contributed by atoms with van der Waals surface area (Å²) in [6, 6.07) is 11.3. The summed E-state index contributed by atoms with van der Waals surface area (Å²) < 4.78 is 11.2. The lowest BCUT2D eigenvalue weighted by Crippen LogP contribution is -2.28. The van der Waals surface area contributed by atoms with Crippen LogP contribution < -0.4 is 9.47 Å². The summed E-state index contributed by atoms with van der Waals surface area (Å²) in [4.78, 5) is 30.8. The summed E-state index contributed by atoms with van der Waals surface area (Å²) in [6.45, 7) is 4.00. The van der Waals surface area contributed by atoms with Crippen LogP contribution in [0.3, 0.4) is 0 Å². The van der Waals surface area contributed by atoms with Gasteiger partial charge in [-0.25, -0.2) is 9.79 Å². The molecule has 0 saturated carbocycles. The molecule has 1 fully saturated rings. The van der Waals surface area contributed by atoms with Gasteiger partial charge in [0.1, 0.15) is 0 Å². The van der Waals surface area contributed by atoms with Crippen molar-refractivity contribution >= 4 is 56.5 Å². The number of methoxy groups -OCH3 is 1. The Morgan fingerprint density at radius 1 is 1.28 bits per heavy atom. The van der Waals surface area contributed by atoms with E-state index in [2.05, 4.69) is 22.9 Å². The summed E-state index contributed by atoms with van der Waals surface area (Å²) in [5.74, 6) is -0.558. The standard InChI is InChI=1S/C23H23BrN2O5S/c1-4-15-8-6-7-9-17(15)25-23-26(5-2)22(29)19(32-23)12-14-10-16(24)21(18(11-14)30-3)31-13-20(27)28/h6-12H,4-5,13H2,1-3H3,(H,27,28)/b19-12+,25-23?. The second-order valence-electron chi connectivity index (χ2n) is 6.75. The molecule has 0 atom stereocenters. The van der Waals surface area contributed by atoms with Crippen molar-refractivity contribution in [2.75, 3.05) is 20.3 Å². The topological polar surface area (TPSA) is 88.4 Å². The average Bonchev–Trinajstić information content (AvgIpc) is 3.06. The van der Waals surface area contributed by atoms with Crippen molar-refractivity contribution in [2.24, 2.45) is 4.99 Å². The molecule has 0 aliphatic carbocycles. The Morgan fingerprint density at radius 2 is 2.03 bits per heavy atom. The van der Waals surface area contributed by atoms with E-state index in [1.807, 2.05) is 31.2 Å². The van der Waals surface area contributed by atoms with E-state index in [0.717, 1.165) is 17.7 Å². The number of amidine groups is 1. The molecular formula is C23H23BrN2O5S. The van der Waals surface area contributed by atoms with Crippen LogP contribution in [0.4, 0.5) is 5.69 Å². The highest BCUT2D eigenvalue weighted by atomic mass is 79.9. The number of carboxylic acids is 1. The lowest BCUT2D eigenvalue weighted by Gasteiger charge is -2.13. The molecule has 32 heavy (non-hydrogen) atoms. The number of para-hydroxylation sites is 1. The Hall–Kier alpha value is -2.78. The normalized spacial score (nSPS) is 16.1. The second kappa shape index (κ2) is 10.7. The van der Waals surface area contributed by atoms with Gasteiger partial charge in [-0.15, -0.1) is 0 Å². The Labute approximate surface area is 199 Å². The summed E-state index contributed by atoms with van der Waals surface area (Å²) in [7, 11) is 1.47. The van der Waals surface area contributed by atoms with Gasteiger partial charge in [0, 0.05) is 6.54 Å². The van der Waals surface area contributed by atoms with Gasteiger partial charge >= 0.3 is 5.97 Å². The van der Waals surface area contributed by atoms with Crippen LogP contribution in [0.25, 0.3) is 6.08 Å². The third-order valence-corrected chi connectivity index (χ3v) is 6.28. The minimum Gasteiger partial charge on any atom is -0.493 e. The van der Waals surface area contributed by atoms with Gasteiger partial charge in [-0.05, 0) is 76.4 Å². The molecule has 2 aromatic rings. The monoisotopic (exact) mass is 518 g/mol. The maximum Gasteiger partial charge on any atom is 0.341 e. The first-order chi connectivity index (χ1) is 15.4. The first kappa shape index (κ1) is 23.9. The van der Waals surface area contributed by atoms with E-state index >= 15 is 0 Å². The number of aryl methyl sites for hydroxylation is 1. The van der Waals surface area contributed by atoms with Crippen molar-refractivity contribution in [3.8, 4) is 11.5 Å². The number of benzene rings is 2. The van der Waals surface area contributed by atoms with E-state index in [4.69, 9.17) is 19.6 Å². The van der Waals surface area contributed by atoms with Crippen molar-refractivity contribution < 1.29 is 24.2 Å². The molecule has 1 amide bonds. The van der Waals surface area contributed by atoms with Crippen LogP contribution in [0.5, 0.6) is 11.5 Å². The Bertz CT molecular complexity index is 1100. The van der Waals surface area contributed by atoms with Crippen molar-refractivity contribution in [3.05, 3.63) is 56.9 Å². The molecular weight excluding hydrogens is 496 g/mol. The summed E-state index contributed by atoms with van der Waals surface area (Å²) in [6.07, 6.45) is 2.61. The molecule has 1 aliphatic rings. The minimum absolute atomic E-state index is 0.119. The molecule has 2 aromatic carbocycles. The highest BCUT2D eigenvalue weighted by Gasteiger charge is 2.32. The number of carbonyl (C=O) groups is 2. The van der Waals surface area contributed by atoms with Crippen molar-refractivity contribution in [3.63, 3.8) is 0 Å². The number of nitrogens with zero attached hydrogens (tertiary/aromatic N) is 2. The highest BCUT2D eigenvalue weighted by molar-refractivity contribution is 9.10. The van der Waals surface area contributed by atoms with E-state index in [-0.39, 0.29) is 11.7 Å². The zero-order valence-corrected chi connectivity index (χ0v) is 20.3. The number of amides is 1. The molecule has 168 valence electrons. The van der Waals surface area contributed by atoms with Crippen LogP contribution in [0.1, 0.15) is 25.0 Å². The number of carboxylic acid groups (broad SMARTS) is 1. The van der Waals surface area contributed by atoms with Gasteiger partial charge in [-0.1, -0.05) is 25.1 Å². The summed E-state index contributed by atoms with van der Waals surface area (Å²) in [5.41, 5.74) is 2.68. The van der Waals surface area contributed by atoms with Gasteiger partial charge in [0.25, 0.3) is 5.91 Å². The van der Waals surface area contributed by atoms with E-state index in [9.17, 15) is 9.59 Å². The SMILES string of the molecule is CCc1ccccc1N=C1S/C(=C/c2cc(Br)c(OCC(=O)O)c(OC)c2)C(=O)N1CC. The Balaban J connectivity index is 1.95. The van der Waals surface area contributed by atoms with Gasteiger partial charge in [-0.3, -0.25) is 9.69 Å². The first-order valence-electron chi connectivity index (χ1n) is 9.98. The molecule has 0 aromatic heterocycles. The fourth-order valence-corrected chi connectivity index (χ4v) is 4.77. The molecule has 3 rings (SSSR count). The maximum atomic E-state index is 13.0. The third-order valence-electron chi connectivity index (χ3n) is 4.68. The zero-order valence-electron chi connectivity index (χ0n) is 17.9. The number of hydrogen-bond acceptors (Lipinski definition) is 6. The molecule has 1 aliphatic heterocycles. The van der Waals surface area contributed by atoms with Crippen LogP contribution in [-0.2, 0) is 16.0 Å². The minimum atomic E-state index is -1.09. The smallest absolute Gasteiger partial charge is 0.341 e. The fraction of sp³-hybridized carbons (Fsp3) is 0.261. The third kappa shape index (κ3) is 5.34. The molecule has 0 unspecified atom stereocenters. The highest BCUT2D eigenvalue weighted by Crippen LogP contribution is 2.39. The van der Waals surface area contributed by atoms with Crippen molar-refractivity contribution in [1.29, 1.82) is 0 Å². The van der Waals surface area contributed by atoms with Crippen LogP contribution >= 0.6 is 27.7 Å². The number of hydrogen-bond donors (Lipinski definition) is 1. The number of likely N-dealkylation sites (N-methyl/N-ethyl adjacent to an activating group) is 1. The van der Waals surface area contributed by atoms with Crippen LogP contribution in [0.15, 0.2) is 50.8 Å². The molecule has 0 spiro atoms. The average molecular weight is 519 g/mol. The van der Waals surface area contributed by atoms with E-state index in [0.29, 0.717) is 32.4 Å². The van der Waals surface area contributed by atoms with E-state index in [1.165, 1.54) is 18.9 Å². The van der Waals surface area contributed by atoms with Crippen molar-refractivity contribution in [2.45, 2.75) is 20.3 Å². The van der Waals surface area contributed by atoms with Gasteiger partial charge in [-0.2, -0.15) is 0 Å². The van der Waals surface area contributed by atoms with Gasteiger partial charge in [0.05, 0.1) is 22.2 Å². The lowest BCUT2D eigenvalue weighted by atomic mass is 10.1. The Morgan fingerprint density at radius 3 is 2.69 bits per heavy atom. The number of carbonyl (C=O) groups excluding carboxylic acids is 1. The van der Waals surface area contributed by atoms with Gasteiger partial charge < -0.3 is 14.6 Å². The molecule has 1 saturated heterocycles. The molecule has 7 nitrogen and oxygen atoms in total. The van der Waals surface area contributed by atoms with E-state index in [1.54, 1.807) is 23.1 Å². The fourth-order valence-electron chi connectivity index (χ4n) is 3.14. The van der Waals surface area contributed by atoms with E-state index < -0.39 is 12.6 Å². The summed E-state index contributed by atoms with van der Waals surface area (Å²) >= 11 is 4.72. The molecule has 1 heterocycles. The molecule has 0 bridgehead atoms. The number of thioether (sulfide) groups is 1. The largest absolute Gasteiger partial charge is 0.493 e. The predicted octanol–water partition coefficient (Wildman–Crippen LogP) is 5.11. The van der Waals surface area contributed by atoms with Crippen LogP contribution in [0.2, 0.25) is 0 Å². The first-order valence-corrected chi connectivity index (χ1v) is 11.6. The summed E-state index contributed by atoms with van der Waals surface area (Å²) in [5, 5.41) is 9.50. The van der Waals surface area contributed by atoms with Gasteiger partial charge in [0.2, 0.25) is 0 Å². The Kier molecular flexibility index (Phi) is 7.98. The molecule has 0 radical (unpaired) electrons. The second-order valence-corrected chi connectivity index (χ2v) is 8.62. The number of rotatable bonds is 8. The zero-order chi connectivity index (χ0) is 23.3. The maximum absolute atomic E-state index is 13.0. The van der Waals surface area contributed by atoms with Crippen molar-refractivity contribution in [1.82, 2.24) is 4.90 Å². The quantitative estimate of drug-likeness (QED) is 0.488.